The van der Waals surface area contributed by atoms with Gasteiger partial charge in [0.05, 0.1) is 0 Å². The Morgan fingerprint density at radius 1 is 0.933 bits per heavy atom. The van der Waals surface area contributed by atoms with Gasteiger partial charge in [-0.2, -0.15) is 13.2 Å². The zero-order valence-electron chi connectivity index (χ0n) is 16.8. The van der Waals surface area contributed by atoms with Crippen molar-refractivity contribution in [2.75, 3.05) is 0 Å². The third-order valence-electron chi connectivity index (χ3n) is 6.74. The van der Waals surface area contributed by atoms with Crippen LogP contribution in [0.3, 0.4) is 0 Å². The predicted octanol–water partition coefficient (Wildman–Crippen LogP) is 7.33. The molecule has 2 aliphatic rings. The molecule has 160 valence electrons. The lowest BCUT2D eigenvalue weighted by Crippen LogP contribution is -2.21. The molecular formula is C25H25F5. The highest BCUT2D eigenvalue weighted by Gasteiger charge is 2.38. The van der Waals surface area contributed by atoms with Crippen LogP contribution in [0.15, 0.2) is 36.9 Å². The van der Waals surface area contributed by atoms with Crippen molar-refractivity contribution in [2.45, 2.75) is 63.5 Å². The summed E-state index contributed by atoms with van der Waals surface area (Å²) in [7, 11) is 0. The minimum Gasteiger partial charge on any atom is -0.206 e. The summed E-state index contributed by atoms with van der Waals surface area (Å²) in [5.74, 6) is -2.55. The van der Waals surface area contributed by atoms with Gasteiger partial charge < -0.3 is 0 Å². The van der Waals surface area contributed by atoms with Crippen LogP contribution in [0.2, 0.25) is 0 Å². The van der Waals surface area contributed by atoms with Gasteiger partial charge in [0.1, 0.15) is 17.2 Å². The summed E-state index contributed by atoms with van der Waals surface area (Å²) in [4.78, 5) is 0. The molecule has 0 bridgehead atoms. The highest BCUT2D eigenvalue weighted by molar-refractivity contribution is 5.46. The lowest BCUT2D eigenvalue weighted by atomic mass is 9.73. The van der Waals surface area contributed by atoms with Crippen LogP contribution in [-0.2, 0) is 31.9 Å². The predicted molar refractivity (Wildman–Crippen MR) is 108 cm³/mol. The molecule has 2 aromatic rings. The minimum absolute atomic E-state index is 0.175. The first-order valence-corrected chi connectivity index (χ1v) is 10.6. The van der Waals surface area contributed by atoms with Gasteiger partial charge in [0.2, 0.25) is 0 Å². The first-order chi connectivity index (χ1) is 14.3. The average molecular weight is 420 g/mol. The Morgan fingerprint density at radius 3 is 2.13 bits per heavy atom. The van der Waals surface area contributed by atoms with E-state index in [1.165, 1.54) is 16.7 Å². The first kappa shape index (κ1) is 21.1. The topological polar surface area (TPSA) is 0 Å². The zero-order chi connectivity index (χ0) is 21.5. The van der Waals surface area contributed by atoms with Crippen molar-refractivity contribution in [3.8, 4) is 0 Å². The summed E-state index contributed by atoms with van der Waals surface area (Å²) in [6.45, 7) is 3.80. The van der Waals surface area contributed by atoms with Gasteiger partial charge in [-0.1, -0.05) is 18.2 Å². The number of alkyl halides is 3. The molecule has 0 aliphatic heterocycles. The van der Waals surface area contributed by atoms with Gasteiger partial charge in [0.15, 0.2) is 0 Å². The van der Waals surface area contributed by atoms with Gasteiger partial charge in [-0.25, -0.2) is 8.78 Å². The largest absolute Gasteiger partial charge is 0.422 e. The summed E-state index contributed by atoms with van der Waals surface area (Å²) in [5.41, 5.74) is 3.84. The molecule has 2 aliphatic carbocycles. The zero-order valence-corrected chi connectivity index (χ0v) is 16.8. The monoisotopic (exact) mass is 420 g/mol. The maximum Gasteiger partial charge on any atom is 0.422 e. The standard InChI is InChI=1S/C25H25F5/c1-2-3-4-15-5-9-20-17(11-15)6-7-18-12-16(8-10-21(18)20)19-13-22(26)24(23(27)14-19)25(28,29)30/h2,6-7,13-16H,1,3-5,8-12H2/t15-,16-/m0/s1. The summed E-state index contributed by atoms with van der Waals surface area (Å²) in [5, 5.41) is 0. The number of hydrogen-bond acceptors (Lipinski definition) is 0. The number of benzene rings is 2. The fraction of sp³-hybridized carbons (Fsp3) is 0.440. The highest BCUT2D eigenvalue weighted by Crippen LogP contribution is 2.41. The van der Waals surface area contributed by atoms with Crippen LogP contribution in [0.1, 0.15) is 65.0 Å². The van der Waals surface area contributed by atoms with Crippen molar-refractivity contribution < 1.29 is 22.0 Å². The van der Waals surface area contributed by atoms with Crippen molar-refractivity contribution in [1.82, 2.24) is 0 Å². The summed E-state index contributed by atoms with van der Waals surface area (Å²) in [6, 6.07) is 6.01. The molecule has 30 heavy (non-hydrogen) atoms. The SMILES string of the molecule is C=CCC[C@H]1CCc2c(ccc3c2CC[C@H](c2cc(F)c(C(F)(F)F)c(F)c2)C3)C1. The van der Waals surface area contributed by atoms with Gasteiger partial charge in [-0.3, -0.25) is 0 Å². The first-order valence-electron chi connectivity index (χ1n) is 10.6. The van der Waals surface area contributed by atoms with E-state index in [-0.39, 0.29) is 5.92 Å². The number of hydrogen-bond donors (Lipinski definition) is 0. The highest BCUT2D eigenvalue weighted by atomic mass is 19.4. The van der Waals surface area contributed by atoms with Crippen LogP contribution >= 0.6 is 0 Å². The number of fused-ring (bicyclic) bond motifs is 3. The van der Waals surface area contributed by atoms with Crippen LogP contribution < -0.4 is 0 Å². The molecule has 0 saturated carbocycles. The molecule has 5 heteroatoms. The van der Waals surface area contributed by atoms with Crippen LogP contribution in [0.25, 0.3) is 0 Å². The molecule has 0 amide bonds. The Balaban J connectivity index is 1.56. The maximum atomic E-state index is 14.0. The van der Waals surface area contributed by atoms with Gasteiger partial charge in [-0.15, -0.1) is 6.58 Å². The van der Waals surface area contributed by atoms with Crippen LogP contribution in [0, 0.1) is 17.6 Å². The molecule has 2 aromatic carbocycles. The minimum atomic E-state index is -5.03. The molecule has 0 radical (unpaired) electrons. The molecular weight excluding hydrogens is 395 g/mol. The lowest BCUT2D eigenvalue weighted by Gasteiger charge is -2.32. The molecule has 0 unspecified atom stereocenters. The average Bonchev–Trinajstić information content (AvgIpc) is 2.69. The molecule has 0 aromatic heterocycles. The van der Waals surface area contributed by atoms with E-state index in [4.69, 9.17) is 0 Å². The van der Waals surface area contributed by atoms with E-state index in [0.29, 0.717) is 24.3 Å². The van der Waals surface area contributed by atoms with Crippen molar-refractivity contribution in [3.05, 3.63) is 81.9 Å². The van der Waals surface area contributed by atoms with Crippen LogP contribution in [-0.4, -0.2) is 0 Å². The lowest BCUT2D eigenvalue weighted by molar-refractivity contribution is -0.142. The molecule has 0 nitrogen and oxygen atoms in total. The van der Waals surface area contributed by atoms with Crippen molar-refractivity contribution >= 4 is 0 Å². The summed E-state index contributed by atoms with van der Waals surface area (Å²) >= 11 is 0. The Bertz CT molecular complexity index is 934. The van der Waals surface area contributed by atoms with E-state index in [2.05, 4.69) is 18.7 Å². The van der Waals surface area contributed by atoms with E-state index in [1.54, 1.807) is 0 Å². The Hall–Kier alpha value is -2.17. The van der Waals surface area contributed by atoms with Crippen LogP contribution in [0.5, 0.6) is 0 Å². The van der Waals surface area contributed by atoms with E-state index in [0.717, 1.165) is 56.2 Å². The molecule has 0 N–H and O–H groups in total. The second-order valence-electron chi connectivity index (χ2n) is 8.61. The smallest absolute Gasteiger partial charge is 0.206 e. The van der Waals surface area contributed by atoms with Crippen molar-refractivity contribution in [1.29, 1.82) is 0 Å². The third-order valence-corrected chi connectivity index (χ3v) is 6.74. The fourth-order valence-electron chi connectivity index (χ4n) is 5.23. The number of halogens is 5. The molecule has 0 saturated heterocycles. The van der Waals surface area contributed by atoms with Crippen molar-refractivity contribution in [2.24, 2.45) is 5.92 Å². The molecule has 2 atom stereocenters. The van der Waals surface area contributed by atoms with Gasteiger partial charge >= 0.3 is 6.18 Å². The quantitative estimate of drug-likeness (QED) is 0.359. The van der Waals surface area contributed by atoms with Gasteiger partial charge in [-0.05, 0) is 103 Å². The Labute approximate surface area is 173 Å². The second kappa shape index (κ2) is 8.16. The number of rotatable bonds is 4. The van der Waals surface area contributed by atoms with E-state index in [9.17, 15) is 22.0 Å². The molecule has 0 heterocycles. The summed E-state index contributed by atoms with van der Waals surface area (Å²) in [6.07, 6.45) is 4.51. The normalized spacial score (nSPS) is 21.1. The molecule has 0 fully saturated rings. The number of allylic oxidation sites excluding steroid dienone is 1. The van der Waals surface area contributed by atoms with E-state index >= 15 is 0 Å². The van der Waals surface area contributed by atoms with E-state index < -0.39 is 23.4 Å². The summed E-state index contributed by atoms with van der Waals surface area (Å²) < 4.78 is 66.6. The molecule has 0 spiro atoms. The molecule has 4 rings (SSSR count). The second-order valence-corrected chi connectivity index (χ2v) is 8.61. The van der Waals surface area contributed by atoms with Crippen molar-refractivity contribution in [3.63, 3.8) is 0 Å². The fourth-order valence-corrected chi connectivity index (χ4v) is 5.23. The Morgan fingerprint density at radius 2 is 1.53 bits per heavy atom. The van der Waals surface area contributed by atoms with E-state index in [1.807, 2.05) is 6.08 Å². The Kier molecular flexibility index (Phi) is 5.73. The van der Waals surface area contributed by atoms with Gasteiger partial charge in [0.25, 0.3) is 0 Å². The third kappa shape index (κ3) is 4.03. The van der Waals surface area contributed by atoms with Crippen LogP contribution in [0.4, 0.5) is 22.0 Å². The maximum absolute atomic E-state index is 14.0. The van der Waals surface area contributed by atoms with Gasteiger partial charge in [0, 0.05) is 0 Å².